The number of nitrogens with zero attached hydrogens (tertiary/aromatic N) is 3. The Bertz CT molecular complexity index is 813. The molecule has 0 bridgehead atoms. The summed E-state index contributed by atoms with van der Waals surface area (Å²) >= 11 is 5.89. The third-order valence-electron chi connectivity index (χ3n) is 4.57. The second-order valence-corrected chi connectivity index (χ2v) is 6.60. The first-order valence-electron chi connectivity index (χ1n) is 7.98. The lowest BCUT2D eigenvalue weighted by molar-refractivity contribution is 0.313. The molecule has 2 heterocycles. The molecule has 4 nitrogen and oxygen atoms in total. The van der Waals surface area contributed by atoms with Crippen LogP contribution in [-0.4, -0.2) is 44.3 Å². The van der Waals surface area contributed by atoms with Gasteiger partial charge in [-0.1, -0.05) is 17.7 Å². The Hall–Kier alpha value is -2.11. The van der Waals surface area contributed by atoms with Gasteiger partial charge < -0.3 is 15.1 Å². The smallest absolute Gasteiger partial charge is 0.144 e. The zero-order chi connectivity index (χ0) is 16.7. The fourth-order valence-electron chi connectivity index (χ4n) is 3.14. The Morgan fingerprint density at radius 2 is 1.92 bits per heavy atom. The second kappa shape index (κ2) is 6.07. The van der Waals surface area contributed by atoms with E-state index in [4.69, 9.17) is 11.6 Å². The fraction of sp³-hybridized carbons (Fsp3) is 0.278. The summed E-state index contributed by atoms with van der Waals surface area (Å²) in [6.45, 7) is 4.03. The van der Waals surface area contributed by atoms with Crippen molar-refractivity contribution in [3.05, 3.63) is 46.7 Å². The highest BCUT2D eigenvalue weighted by Crippen LogP contribution is 2.38. The van der Waals surface area contributed by atoms with E-state index >= 15 is 0 Å². The molecule has 0 aromatic heterocycles. The molecule has 0 radical (unpaired) electrons. The largest absolute Gasteiger partial charge is 0.368 e. The lowest BCUT2D eigenvalue weighted by Gasteiger charge is -2.35. The number of aliphatic imine (C=N–C) groups is 1. The van der Waals surface area contributed by atoms with E-state index in [1.54, 1.807) is 6.07 Å². The van der Waals surface area contributed by atoms with Crippen LogP contribution in [0.1, 0.15) is 5.56 Å². The number of hydrogen-bond donors (Lipinski definition) is 1. The van der Waals surface area contributed by atoms with Gasteiger partial charge in [-0.2, -0.15) is 0 Å². The summed E-state index contributed by atoms with van der Waals surface area (Å²) in [5, 5.41) is 3.38. The summed E-state index contributed by atoms with van der Waals surface area (Å²) in [4.78, 5) is 9.22. The minimum Gasteiger partial charge on any atom is -0.368 e. The van der Waals surface area contributed by atoms with Crippen LogP contribution in [0.15, 0.2) is 35.3 Å². The minimum absolute atomic E-state index is 0.0814. The number of rotatable bonds is 1. The summed E-state index contributed by atoms with van der Waals surface area (Å²) in [5.74, 6) is -0.447. The molecular formula is C18H18ClFN4. The van der Waals surface area contributed by atoms with Crippen LogP contribution in [0.25, 0.3) is 0 Å². The van der Waals surface area contributed by atoms with E-state index in [0.29, 0.717) is 11.4 Å². The van der Waals surface area contributed by atoms with Crippen LogP contribution >= 0.6 is 11.6 Å². The van der Waals surface area contributed by atoms with Crippen molar-refractivity contribution >= 4 is 40.6 Å². The molecule has 4 rings (SSSR count). The number of fused-ring (bicyclic) bond motifs is 2. The number of anilines is 3. The predicted octanol–water partition coefficient (Wildman–Crippen LogP) is 4.04. The number of benzene rings is 2. The van der Waals surface area contributed by atoms with Gasteiger partial charge in [0.1, 0.15) is 5.82 Å². The van der Waals surface area contributed by atoms with Crippen molar-refractivity contribution in [2.45, 2.75) is 0 Å². The Kier molecular flexibility index (Phi) is 3.90. The van der Waals surface area contributed by atoms with Crippen LogP contribution < -0.4 is 10.2 Å². The van der Waals surface area contributed by atoms with Crippen LogP contribution in [0, 0.1) is 5.82 Å². The van der Waals surface area contributed by atoms with Crippen molar-refractivity contribution in [1.82, 2.24) is 4.90 Å². The quantitative estimate of drug-likeness (QED) is 0.723. The number of halogens is 2. The molecule has 0 atom stereocenters. The van der Waals surface area contributed by atoms with Gasteiger partial charge in [-0.05, 0) is 25.2 Å². The standard InChI is InChI=1S/C18H18ClFN4/c1-23-5-7-24(8-6-23)18-4-2-3-15-12(18)11-21-16-9-13(19)14(20)10-17(16)22-15/h2-4,9-11,22H,5-8H2,1H3. The van der Waals surface area contributed by atoms with E-state index in [0.717, 1.165) is 43.1 Å². The molecule has 1 fully saturated rings. The molecule has 0 aliphatic carbocycles. The van der Waals surface area contributed by atoms with E-state index in [-0.39, 0.29) is 5.02 Å². The van der Waals surface area contributed by atoms with Gasteiger partial charge in [-0.15, -0.1) is 0 Å². The highest BCUT2D eigenvalue weighted by Gasteiger charge is 2.20. The van der Waals surface area contributed by atoms with E-state index in [9.17, 15) is 4.39 Å². The zero-order valence-electron chi connectivity index (χ0n) is 13.4. The zero-order valence-corrected chi connectivity index (χ0v) is 14.1. The number of piperazine rings is 1. The third kappa shape index (κ3) is 2.74. The maximum atomic E-state index is 13.8. The molecule has 2 aliphatic heterocycles. The molecule has 0 unspecified atom stereocenters. The van der Waals surface area contributed by atoms with Crippen LogP contribution in [0.4, 0.5) is 27.1 Å². The molecule has 2 aromatic rings. The molecular weight excluding hydrogens is 327 g/mol. The van der Waals surface area contributed by atoms with Gasteiger partial charge in [0.25, 0.3) is 0 Å². The number of nitrogens with one attached hydrogen (secondary N) is 1. The van der Waals surface area contributed by atoms with Crippen LogP contribution in [0.3, 0.4) is 0 Å². The second-order valence-electron chi connectivity index (χ2n) is 6.20. The topological polar surface area (TPSA) is 30.9 Å². The van der Waals surface area contributed by atoms with Crippen molar-refractivity contribution in [3.63, 3.8) is 0 Å². The lowest BCUT2D eigenvalue weighted by Crippen LogP contribution is -2.44. The summed E-state index contributed by atoms with van der Waals surface area (Å²) in [7, 11) is 2.14. The molecule has 6 heteroatoms. The van der Waals surface area contributed by atoms with Gasteiger partial charge in [0, 0.05) is 55.4 Å². The molecule has 0 spiro atoms. The van der Waals surface area contributed by atoms with Crippen LogP contribution in [-0.2, 0) is 0 Å². The molecule has 24 heavy (non-hydrogen) atoms. The summed E-state index contributed by atoms with van der Waals surface area (Å²) < 4.78 is 13.8. The first kappa shape index (κ1) is 15.4. The minimum atomic E-state index is -0.447. The van der Waals surface area contributed by atoms with Crippen LogP contribution in [0.2, 0.25) is 5.02 Å². The summed E-state index contributed by atoms with van der Waals surface area (Å²) in [6, 6.07) is 9.07. The van der Waals surface area contributed by atoms with Gasteiger partial charge >= 0.3 is 0 Å². The maximum absolute atomic E-state index is 13.8. The average molecular weight is 345 g/mol. The van der Waals surface area contributed by atoms with Crippen molar-refractivity contribution < 1.29 is 4.39 Å². The van der Waals surface area contributed by atoms with Gasteiger partial charge in [-0.3, -0.25) is 4.99 Å². The van der Waals surface area contributed by atoms with Crippen molar-refractivity contribution in [1.29, 1.82) is 0 Å². The molecule has 1 saturated heterocycles. The van der Waals surface area contributed by atoms with Gasteiger partial charge in [0.2, 0.25) is 0 Å². The van der Waals surface area contributed by atoms with Gasteiger partial charge in [0.05, 0.1) is 16.4 Å². The van der Waals surface area contributed by atoms with E-state index in [1.165, 1.54) is 6.07 Å². The Morgan fingerprint density at radius 3 is 2.71 bits per heavy atom. The van der Waals surface area contributed by atoms with Gasteiger partial charge in [0.15, 0.2) is 0 Å². The number of hydrogen-bond acceptors (Lipinski definition) is 4. The Balaban J connectivity index is 1.74. The van der Waals surface area contributed by atoms with Crippen molar-refractivity contribution in [2.75, 3.05) is 43.4 Å². The molecule has 2 aliphatic rings. The summed E-state index contributed by atoms with van der Waals surface area (Å²) in [6.07, 6.45) is 1.84. The Labute approximate surface area is 145 Å². The van der Waals surface area contributed by atoms with Crippen LogP contribution in [0.5, 0.6) is 0 Å². The molecule has 1 N–H and O–H groups in total. The number of likely N-dealkylation sites (N-methyl/N-ethyl adjacent to an activating group) is 1. The predicted molar refractivity (Wildman–Crippen MR) is 98.1 cm³/mol. The Morgan fingerprint density at radius 1 is 1.12 bits per heavy atom. The van der Waals surface area contributed by atoms with E-state index in [1.807, 2.05) is 18.3 Å². The highest BCUT2D eigenvalue weighted by atomic mass is 35.5. The molecule has 2 aromatic carbocycles. The van der Waals surface area contributed by atoms with Crippen molar-refractivity contribution in [3.8, 4) is 0 Å². The third-order valence-corrected chi connectivity index (χ3v) is 4.86. The van der Waals surface area contributed by atoms with E-state index in [2.05, 4.69) is 33.2 Å². The first-order chi connectivity index (χ1) is 11.6. The monoisotopic (exact) mass is 344 g/mol. The maximum Gasteiger partial charge on any atom is 0.144 e. The highest BCUT2D eigenvalue weighted by molar-refractivity contribution is 6.31. The lowest BCUT2D eigenvalue weighted by atomic mass is 10.1. The van der Waals surface area contributed by atoms with Crippen molar-refractivity contribution in [2.24, 2.45) is 4.99 Å². The normalized spacial score (nSPS) is 17.0. The first-order valence-corrected chi connectivity index (χ1v) is 8.36. The molecule has 124 valence electrons. The average Bonchev–Trinajstić information content (AvgIpc) is 2.75. The molecule has 0 saturated carbocycles. The summed E-state index contributed by atoms with van der Waals surface area (Å²) in [5.41, 5.74) is 4.37. The van der Waals surface area contributed by atoms with Gasteiger partial charge in [-0.25, -0.2) is 4.39 Å². The SMILES string of the molecule is CN1CCN(c2cccc3c2C=Nc2cc(Cl)c(F)cc2N3)CC1. The molecule has 0 amide bonds. The van der Waals surface area contributed by atoms with E-state index < -0.39 is 5.82 Å². The fourth-order valence-corrected chi connectivity index (χ4v) is 3.30.